The van der Waals surface area contributed by atoms with Crippen molar-refractivity contribution >= 4 is 18.3 Å². The molecule has 6 heteroatoms. The number of nitrogens with one attached hydrogen (secondary N) is 2. The number of piperidine rings is 1. The van der Waals surface area contributed by atoms with Gasteiger partial charge in [0.05, 0.1) is 5.56 Å². The van der Waals surface area contributed by atoms with E-state index in [1.165, 1.54) is 6.07 Å². The van der Waals surface area contributed by atoms with Gasteiger partial charge in [0.25, 0.3) is 5.91 Å². The van der Waals surface area contributed by atoms with Gasteiger partial charge in [-0.1, -0.05) is 0 Å². The monoisotopic (exact) mass is 304 g/mol. The van der Waals surface area contributed by atoms with Gasteiger partial charge >= 0.3 is 0 Å². The fraction of sp³-hybridized carbons (Fsp3) is 0.500. The molecule has 0 spiro atoms. The van der Waals surface area contributed by atoms with Gasteiger partial charge in [-0.15, -0.1) is 12.4 Å². The van der Waals surface area contributed by atoms with Gasteiger partial charge in [-0.05, 0) is 50.9 Å². The van der Waals surface area contributed by atoms with E-state index in [4.69, 9.17) is 0 Å². The number of hydrogen-bond acceptors (Lipinski definition) is 2. The third kappa shape index (κ3) is 4.15. The zero-order valence-corrected chi connectivity index (χ0v) is 12.1. The first-order chi connectivity index (χ1) is 9.08. The Kier molecular flexibility index (Phi) is 6.36. The zero-order chi connectivity index (χ0) is 13.8. The van der Waals surface area contributed by atoms with E-state index < -0.39 is 17.5 Å². The van der Waals surface area contributed by atoms with Crippen molar-refractivity contribution in [2.45, 2.75) is 25.8 Å². The highest BCUT2D eigenvalue weighted by molar-refractivity contribution is 5.94. The average Bonchev–Trinajstić information content (AvgIpc) is 2.39. The maximum atomic E-state index is 13.5. The molecule has 0 saturated carbocycles. The molecule has 112 valence electrons. The van der Waals surface area contributed by atoms with E-state index in [1.54, 1.807) is 0 Å². The normalized spacial score (nSPS) is 19.9. The molecule has 3 nitrogen and oxygen atoms in total. The molecule has 1 saturated heterocycles. The predicted molar refractivity (Wildman–Crippen MR) is 76.1 cm³/mol. The van der Waals surface area contributed by atoms with Crippen LogP contribution in [-0.4, -0.2) is 25.0 Å². The van der Waals surface area contributed by atoms with Crippen molar-refractivity contribution in [2.75, 3.05) is 13.1 Å². The lowest BCUT2D eigenvalue weighted by molar-refractivity contribution is 0.0917. The zero-order valence-electron chi connectivity index (χ0n) is 11.3. The van der Waals surface area contributed by atoms with Crippen LogP contribution in [0.2, 0.25) is 0 Å². The van der Waals surface area contributed by atoms with Crippen molar-refractivity contribution in [1.82, 2.24) is 10.6 Å². The van der Waals surface area contributed by atoms with E-state index in [9.17, 15) is 13.6 Å². The number of carbonyl (C=O) groups excluding carboxylic acids is 1. The first-order valence-electron chi connectivity index (χ1n) is 6.54. The number of benzene rings is 1. The van der Waals surface area contributed by atoms with Crippen LogP contribution in [0.3, 0.4) is 0 Å². The van der Waals surface area contributed by atoms with Gasteiger partial charge in [-0.25, -0.2) is 8.78 Å². The SMILES string of the molecule is CC(NC(=O)c1ccc(F)cc1F)C1CCCNC1.Cl. The Hall–Kier alpha value is -1.20. The standard InChI is InChI=1S/C14H18F2N2O.ClH/c1-9(10-3-2-6-17-8-10)18-14(19)12-5-4-11(15)7-13(12)16;/h4-5,7,9-10,17H,2-3,6,8H2,1H3,(H,18,19);1H. The molecule has 1 aromatic carbocycles. The topological polar surface area (TPSA) is 41.1 Å². The summed E-state index contributed by atoms with van der Waals surface area (Å²) in [7, 11) is 0. The van der Waals surface area contributed by atoms with Gasteiger partial charge < -0.3 is 10.6 Å². The Morgan fingerprint density at radius 1 is 1.45 bits per heavy atom. The summed E-state index contributed by atoms with van der Waals surface area (Å²) in [6.07, 6.45) is 2.12. The molecule has 1 aliphatic heterocycles. The van der Waals surface area contributed by atoms with Crippen LogP contribution in [0, 0.1) is 17.6 Å². The number of rotatable bonds is 3. The Balaban J connectivity index is 0.00000200. The van der Waals surface area contributed by atoms with Crippen LogP contribution in [0.25, 0.3) is 0 Å². The summed E-state index contributed by atoms with van der Waals surface area (Å²) in [4.78, 5) is 11.9. The fourth-order valence-electron chi connectivity index (χ4n) is 2.38. The molecule has 0 bridgehead atoms. The molecule has 1 heterocycles. The largest absolute Gasteiger partial charge is 0.349 e. The summed E-state index contributed by atoms with van der Waals surface area (Å²) in [6.45, 7) is 3.77. The maximum absolute atomic E-state index is 13.5. The molecule has 2 rings (SSSR count). The van der Waals surface area contributed by atoms with Crippen molar-refractivity contribution in [3.63, 3.8) is 0 Å². The highest BCUT2D eigenvalue weighted by atomic mass is 35.5. The minimum absolute atomic E-state index is 0. The highest BCUT2D eigenvalue weighted by Gasteiger charge is 2.22. The maximum Gasteiger partial charge on any atom is 0.254 e. The lowest BCUT2D eigenvalue weighted by atomic mass is 9.92. The van der Waals surface area contributed by atoms with E-state index in [-0.39, 0.29) is 24.0 Å². The molecule has 2 atom stereocenters. The summed E-state index contributed by atoms with van der Waals surface area (Å²) >= 11 is 0. The van der Waals surface area contributed by atoms with Crippen molar-refractivity contribution in [3.05, 3.63) is 35.4 Å². The second-order valence-corrected chi connectivity index (χ2v) is 4.99. The van der Waals surface area contributed by atoms with Crippen LogP contribution in [0.4, 0.5) is 8.78 Å². The summed E-state index contributed by atoms with van der Waals surface area (Å²) in [5.41, 5.74) is -0.114. The summed E-state index contributed by atoms with van der Waals surface area (Å²) in [5.74, 6) is -1.65. The van der Waals surface area contributed by atoms with Crippen LogP contribution in [0.15, 0.2) is 18.2 Å². The summed E-state index contributed by atoms with van der Waals surface area (Å²) in [5, 5.41) is 6.06. The molecule has 2 unspecified atom stereocenters. The van der Waals surface area contributed by atoms with Crippen molar-refractivity contribution < 1.29 is 13.6 Å². The van der Waals surface area contributed by atoms with Crippen LogP contribution in [0.5, 0.6) is 0 Å². The van der Waals surface area contributed by atoms with Crippen molar-refractivity contribution in [2.24, 2.45) is 5.92 Å². The lowest BCUT2D eigenvalue weighted by Crippen LogP contribution is -2.44. The van der Waals surface area contributed by atoms with Gasteiger partial charge in [0.1, 0.15) is 11.6 Å². The number of carbonyl (C=O) groups is 1. The van der Waals surface area contributed by atoms with Crippen LogP contribution in [0.1, 0.15) is 30.1 Å². The number of halogens is 3. The van der Waals surface area contributed by atoms with Crippen LogP contribution in [-0.2, 0) is 0 Å². The molecular weight excluding hydrogens is 286 g/mol. The van der Waals surface area contributed by atoms with Crippen molar-refractivity contribution in [3.8, 4) is 0 Å². The molecule has 0 aliphatic carbocycles. The molecule has 2 N–H and O–H groups in total. The van der Waals surface area contributed by atoms with Gasteiger partial charge in [0.15, 0.2) is 0 Å². The summed E-state index contributed by atoms with van der Waals surface area (Å²) in [6, 6.07) is 2.95. The molecule has 1 fully saturated rings. The Labute approximate surface area is 123 Å². The first kappa shape index (κ1) is 16.9. The van der Waals surface area contributed by atoms with Crippen molar-refractivity contribution in [1.29, 1.82) is 0 Å². The van der Waals surface area contributed by atoms with Crippen LogP contribution >= 0.6 is 12.4 Å². The second kappa shape index (κ2) is 7.55. The number of hydrogen-bond donors (Lipinski definition) is 2. The Bertz CT molecular complexity index is 464. The van der Waals surface area contributed by atoms with Gasteiger partial charge in [0, 0.05) is 12.1 Å². The Morgan fingerprint density at radius 3 is 2.80 bits per heavy atom. The quantitative estimate of drug-likeness (QED) is 0.901. The molecule has 20 heavy (non-hydrogen) atoms. The molecule has 0 aromatic heterocycles. The van der Waals surface area contributed by atoms with E-state index in [1.807, 2.05) is 6.92 Å². The van der Waals surface area contributed by atoms with E-state index in [0.29, 0.717) is 5.92 Å². The lowest BCUT2D eigenvalue weighted by Gasteiger charge is -2.29. The van der Waals surface area contributed by atoms with Gasteiger partial charge in [0.2, 0.25) is 0 Å². The molecule has 1 amide bonds. The Morgan fingerprint density at radius 2 is 2.20 bits per heavy atom. The van der Waals surface area contributed by atoms with Crippen LogP contribution < -0.4 is 10.6 Å². The minimum Gasteiger partial charge on any atom is -0.349 e. The number of amides is 1. The highest BCUT2D eigenvalue weighted by Crippen LogP contribution is 2.15. The predicted octanol–water partition coefficient (Wildman–Crippen LogP) is 2.50. The molecule has 1 aromatic rings. The average molecular weight is 305 g/mol. The molecular formula is C14H19ClF2N2O. The van der Waals surface area contributed by atoms with Gasteiger partial charge in [-0.3, -0.25) is 4.79 Å². The van der Waals surface area contributed by atoms with E-state index in [0.717, 1.165) is 38.1 Å². The van der Waals surface area contributed by atoms with Gasteiger partial charge in [-0.2, -0.15) is 0 Å². The third-order valence-corrected chi connectivity index (χ3v) is 3.58. The first-order valence-corrected chi connectivity index (χ1v) is 6.54. The van der Waals surface area contributed by atoms with E-state index >= 15 is 0 Å². The fourth-order valence-corrected chi connectivity index (χ4v) is 2.38. The van der Waals surface area contributed by atoms with E-state index in [2.05, 4.69) is 10.6 Å². The smallest absolute Gasteiger partial charge is 0.254 e. The second-order valence-electron chi connectivity index (χ2n) is 4.99. The minimum atomic E-state index is -0.827. The molecule has 1 aliphatic rings. The summed E-state index contributed by atoms with van der Waals surface area (Å²) < 4.78 is 26.3. The third-order valence-electron chi connectivity index (χ3n) is 3.58. The molecule has 0 radical (unpaired) electrons.